The normalized spacial score (nSPS) is 17.6. The molecule has 0 aromatic heterocycles. The minimum Gasteiger partial charge on any atom is -0.264 e. The van der Waals surface area contributed by atoms with E-state index < -0.39 is 6.04 Å². The summed E-state index contributed by atoms with van der Waals surface area (Å²) in [5.41, 5.74) is 0.854. The van der Waals surface area contributed by atoms with E-state index in [1.54, 1.807) is 0 Å². The maximum absolute atomic E-state index is 11.2. The summed E-state index contributed by atoms with van der Waals surface area (Å²) >= 11 is 0. The van der Waals surface area contributed by atoms with E-state index >= 15 is 0 Å². The molecule has 0 saturated carbocycles. The lowest BCUT2D eigenvalue weighted by molar-refractivity contribution is -0.527. The molecular weight excluding hydrogens is 238 g/mol. The molecule has 3 nitrogen and oxygen atoms in total. The van der Waals surface area contributed by atoms with Gasteiger partial charge in [0.05, 0.1) is 0 Å². The van der Waals surface area contributed by atoms with Gasteiger partial charge in [-0.2, -0.15) is 0 Å². The molecule has 92 valence electrons. The molecule has 0 N–H and O–H groups in total. The van der Waals surface area contributed by atoms with Crippen LogP contribution in [-0.2, 0) is 0 Å². The maximum atomic E-state index is 11.2. The molecule has 0 heterocycles. The summed E-state index contributed by atoms with van der Waals surface area (Å²) in [6.07, 6.45) is 2.47. The Labute approximate surface area is 109 Å². The Hall–Kier alpha value is -2.42. The number of hydrogen-bond donors (Lipinski definition) is 0. The minimum absolute atomic E-state index is 0.175. The average molecular weight is 249 g/mol. The lowest BCUT2D eigenvalue weighted by atomic mass is 9.88. The zero-order chi connectivity index (χ0) is 13.0. The predicted octanol–water partition coefficient (Wildman–Crippen LogP) is 3.21. The molecule has 0 radical (unpaired) electrons. The molecule has 0 fully saturated rings. The van der Waals surface area contributed by atoms with Crippen LogP contribution in [0.4, 0.5) is 0 Å². The second-order valence-corrected chi connectivity index (χ2v) is 5.00. The molecule has 0 aliphatic heterocycles. The van der Waals surface area contributed by atoms with Crippen molar-refractivity contribution in [3.63, 3.8) is 0 Å². The van der Waals surface area contributed by atoms with E-state index in [0.29, 0.717) is 6.42 Å². The molecule has 3 heteroatoms. The standard InChI is InChI=1S/C16H11NO2/c18-17(19)14-9-7-12-5-4-10-2-1-3-11-6-8-13(14)16(12)15(10)11/h1-8,14H,9H2. The van der Waals surface area contributed by atoms with Gasteiger partial charge in [0.15, 0.2) is 0 Å². The molecule has 1 atom stereocenters. The van der Waals surface area contributed by atoms with Crippen LogP contribution in [0.25, 0.3) is 27.6 Å². The molecule has 0 amide bonds. The van der Waals surface area contributed by atoms with Crippen molar-refractivity contribution in [1.82, 2.24) is 0 Å². The van der Waals surface area contributed by atoms with Crippen LogP contribution in [-0.4, -0.2) is 4.92 Å². The first-order chi connectivity index (χ1) is 9.25. The van der Waals surface area contributed by atoms with Crippen molar-refractivity contribution >= 4 is 27.6 Å². The van der Waals surface area contributed by atoms with Crippen molar-refractivity contribution in [3.05, 3.63) is 63.4 Å². The summed E-state index contributed by atoms with van der Waals surface area (Å²) in [5, 5.41) is 16.9. The molecular formula is C16H11NO2. The number of benzene rings is 3. The van der Waals surface area contributed by atoms with Gasteiger partial charge in [-0.25, -0.2) is 0 Å². The quantitative estimate of drug-likeness (QED) is 0.491. The van der Waals surface area contributed by atoms with Gasteiger partial charge < -0.3 is 0 Å². The van der Waals surface area contributed by atoms with E-state index in [0.717, 1.165) is 32.3 Å². The smallest absolute Gasteiger partial charge is 0.242 e. The van der Waals surface area contributed by atoms with Gasteiger partial charge in [0.25, 0.3) is 0 Å². The zero-order valence-corrected chi connectivity index (χ0v) is 10.2. The van der Waals surface area contributed by atoms with Crippen LogP contribution in [0.3, 0.4) is 0 Å². The van der Waals surface area contributed by atoms with Crippen LogP contribution in [0.5, 0.6) is 0 Å². The Morgan fingerprint density at radius 1 is 1.00 bits per heavy atom. The van der Waals surface area contributed by atoms with Gasteiger partial charge in [0.1, 0.15) is 0 Å². The topological polar surface area (TPSA) is 43.1 Å². The highest BCUT2D eigenvalue weighted by Crippen LogP contribution is 2.34. The number of nitro groups is 1. The van der Waals surface area contributed by atoms with Crippen molar-refractivity contribution in [1.29, 1.82) is 0 Å². The van der Waals surface area contributed by atoms with Crippen molar-refractivity contribution in [2.24, 2.45) is 0 Å². The fraction of sp³-hybridized carbons (Fsp3) is 0.125. The molecule has 4 rings (SSSR count). The highest BCUT2D eigenvalue weighted by molar-refractivity contribution is 6.11. The predicted molar refractivity (Wildman–Crippen MR) is 75.5 cm³/mol. The summed E-state index contributed by atoms with van der Waals surface area (Å²) in [6.45, 7) is 0. The van der Waals surface area contributed by atoms with Gasteiger partial charge in [0.2, 0.25) is 6.04 Å². The number of nitrogens with zero attached hydrogens (tertiary/aromatic N) is 1. The van der Waals surface area contributed by atoms with Gasteiger partial charge in [0, 0.05) is 16.9 Å². The first-order valence-electron chi connectivity index (χ1n) is 6.33. The van der Waals surface area contributed by atoms with Crippen LogP contribution in [0, 0.1) is 10.1 Å². The minimum atomic E-state index is -0.609. The maximum Gasteiger partial charge on any atom is 0.242 e. The average Bonchev–Trinajstić information content (AvgIpc) is 2.44. The molecule has 0 spiro atoms. The molecule has 3 aromatic carbocycles. The molecule has 0 bridgehead atoms. The van der Waals surface area contributed by atoms with E-state index in [2.05, 4.69) is 24.3 Å². The van der Waals surface area contributed by atoms with Crippen molar-refractivity contribution in [2.45, 2.75) is 12.5 Å². The van der Waals surface area contributed by atoms with Crippen molar-refractivity contribution in [2.75, 3.05) is 0 Å². The third kappa shape index (κ3) is 1.32. The Morgan fingerprint density at radius 2 is 1.74 bits per heavy atom. The van der Waals surface area contributed by atoms with Crippen LogP contribution in [0.2, 0.25) is 0 Å². The van der Waals surface area contributed by atoms with E-state index in [4.69, 9.17) is 0 Å². The fourth-order valence-corrected chi connectivity index (χ4v) is 3.15. The SMILES string of the molecule is O=[N+]([O-])C1CC=c2ccc3cccc4ccc1c2c43. The third-order valence-electron chi connectivity index (χ3n) is 4.02. The highest BCUT2D eigenvalue weighted by atomic mass is 16.6. The van der Waals surface area contributed by atoms with E-state index in [1.165, 1.54) is 0 Å². The largest absolute Gasteiger partial charge is 0.264 e. The summed E-state index contributed by atoms with van der Waals surface area (Å²) in [7, 11) is 0. The summed E-state index contributed by atoms with van der Waals surface area (Å²) < 4.78 is 0. The van der Waals surface area contributed by atoms with E-state index in [-0.39, 0.29) is 4.92 Å². The third-order valence-corrected chi connectivity index (χ3v) is 4.02. The lowest BCUT2D eigenvalue weighted by Gasteiger charge is -2.17. The molecule has 3 aromatic rings. The van der Waals surface area contributed by atoms with Crippen molar-refractivity contribution < 1.29 is 4.92 Å². The Morgan fingerprint density at radius 3 is 2.47 bits per heavy atom. The number of rotatable bonds is 1. The summed E-state index contributed by atoms with van der Waals surface area (Å²) in [5.74, 6) is 0. The fourth-order valence-electron chi connectivity index (χ4n) is 3.15. The zero-order valence-electron chi connectivity index (χ0n) is 10.2. The molecule has 1 unspecified atom stereocenters. The second kappa shape index (κ2) is 3.54. The molecule has 0 saturated heterocycles. The van der Waals surface area contributed by atoms with Gasteiger partial charge in [-0.3, -0.25) is 10.1 Å². The Balaban J connectivity index is 2.26. The number of hydrogen-bond acceptors (Lipinski definition) is 2. The van der Waals surface area contributed by atoms with Gasteiger partial charge in [-0.1, -0.05) is 48.5 Å². The second-order valence-electron chi connectivity index (χ2n) is 5.00. The lowest BCUT2D eigenvalue weighted by Crippen LogP contribution is -2.19. The van der Waals surface area contributed by atoms with Crippen LogP contribution in [0.1, 0.15) is 18.0 Å². The van der Waals surface area contributed by atoms with E-state index in [1.807, 2.05) is 24.3 Å². The molecule has 1 aliphatic rings. The molecule has 1 aliphatic carbocycles. The van der Waals surface area contributed by atoms with Crippen LogP contribution in [0.15, 0.2) is 42.5 Å². The first-order valence-corrected chi connectivity index (χ1v) is 6.33. The monoisotopic (exact) mass is 249 g/mol. The molecule has 19 heavy (non-hydrogen) atoms. The van der Waals surface area contributed by atoms with Crippen LogP contribution < -0.4 is 5.22 Å². The Bertz CT molecular complexity index is 867. The van der Waals surface area contributed by atoms with Gasteiger partial charge in [-0.05, 0) is 26.8 Å². The highest BCUT2D eigenvalue weighted by Gasteiger charge is 2.27. The summed E-state index contributed by atoms with van der Waals surface area (Å²) in [4.78, 5) is 11.0. The van der Waals surface area contributed by atoms with E-state index in [9.17, 15) is 10.1 Å². The Kier molecular flexibility index (Phi) is 1.96. The summed E-state index contributed by atoms with van der Waals surface area (Å²) in [6, 6.07) is 13.6. The van der Waals surface area contributed by atoms with Gasteiger partial charge in [-0.15, -0.1) is 0 Å². The first kappa shape index (κ1) is 10.5. The van der Waals surface area contributed by atoms with Crippen LogP contribution >= 0.6 is 0 Å². The van der Waals surface area contributed by atoms with Gasteiger partial charge >= 0.3 is 0 Å². The van der Waals surface area contributed by atoms with Crippen molar-refractivity contribution in [3.8, 4) is 0 Å².